The molecule has 23 heavy (non-hydrogen) atoms. The number of rotatable bonds is 5. The fourth-order valence-electron chi connectivity index (χ4n) is 2.27. The van der Waals surface area contributed by atoms with Gasteiger partial charge in [-0.25, -0.2) is 4.98 Å². The maximum atomic E-state index is 12.3. The molecule has 1 aromatic heterocycles. The van der Waals surface area contributed by atoms with Gasteiger partial charge in [-0.1, -0.05) is 29.8 Å². The van der Waals surface area contributed by atoms with Gasteiger partial charge in [-0.15, -0.1) is 0 Å². The molecule has 0 aliphatic carbocycles. The summed E-state index contributed by atoms with van der Waals surface area (Å²) in [6, 6.07) is 16.8. The van der Waals surface area contributed by atoms with Gasteiger partial charge < -0.3 is 9.72 Å². The molecule has 1 heterocycles. The molecule has 0 spiro atoms. The Balaban J connectivity index is 1.73. The molecule has 0 aliphatic rings. The normalized spacial score (nSPS) is 11.8. The third-order valence-corrected chi connectivity index (χ3v) is 3.53. The second kappa shape index (κ2) is 6.32. The van der Waals surface area contributed by atoms with Gasteiger partial charge in [-0.2, -0.15) is 5.26 Å². The van der Waals surface area contributed by atoms with E-state index >= 15 is 0 Å². The van der Waals surface area contributed by atoms with Crippen LogP contribution in [-0.2, 0) is 4.79 Å². The highest BCUT2D eigenvalue weighted by atomic mass is 16.5. The number of hydrogen-bond donors (Lipinski definition) is 1. The fourth-order valence-corrected chi connectivity index (χ4v) is 2.27. The largest absolute Gasteiger partial charge is 0.486 e. The van der Waals surface area contributed by atoms with E-state index in [1.807, 2.05) is 49.4 Å². The van der Waals surface area contributed by atoms with Crippen LogP contribution in [0.5, 0.6) is 5.75 Å². The zero-order valence-electron chi connectivity index (χ0n) is 12.6. The number of imidazole rings is 1. The number of benzene rings is 2. The number of para-hydroxylation sites is 2. The van der Waals surface area contributed by atoms with Crippen molar-refractivity contribution in [1.82, 2.24) is 9.97 Å². The second-order valence-electron chi connectivity index (χ2n) is 5.27. The standard InChI is InChI=1S/C18H15N3O2/c1-12-6-8-13(9-7-12)23-11-17(22)14(10-19)18-20-15-4-2-3-5-16(15)21-18/h2-9,14H,11H2,1H3,(H,20,21). The zero-order chi connectivity index (χ0) is 16.2. The number of nitrogens with one attached hydrogen (secondary N) is 1. The molecule has 0 fully saturated rings. The average molecular weight is 305 g/mol. The van der Waals surface area contributed by atoms with Crippen molar-refractivity contribution < 1.29 is 9.53 Å². The molecule has 0 saturated heterocycles. The molecule has 5 nitrogen and oxygen atoms in total. The topological polar surface area (TPSA) is 78.8 Å². The predicted octanol–water partition coefficient (Wildman–Crippen LogP) is 3.13. The molecule has 0 bridgehead atoms. The summed E-state index contributed by atoms with van der Waals surface area (Å²) in [6.07, 6.45) is 0. The van der Waals surface area contributed by atoms with Crippen LogP contribution in [0.4, 0.5) is 0 Å². The summed E-state index contributed by atoms with van der Waals surface area (Å²) in [7, 11) is 0. The Hall–Kier alpha value is -3.13. The molecule has 0 aliphatic heterocycles. The lowest BCUT2D eigenvalue weighted by molar-refractivity contribution is -0.121. The van der Waals surface area contributed by atoms with E-state index in [1.54, 1.807) is 12.1 Å². The van der Waals surface area contributed by atoms with Crippen LogP contribution in [0.3, 0.4) is 0 Å². The van der Waals surface area contributed by atoms with Crippen molar-refractivity contribution in [3.8, 4) is 11.8 Å². The highest BCUT2D eigenvalue weighted by molar-refractivity contribution is 5.90. The first-order valence-corrected chi connectivity index (χ1v) is 7.24. The summed E-state index contributed by atoms with van der Waals surface area (Å²) in [6.45, 7) is 1.81. The van der Waals surface area contributed by atoms with Crippen molar-refractivity contribution in [2.45, 2.75) is 12.8 Å². The van der Waals surface area contributed by atoms with Gasteiger partial charge in [0.15, 0.2) is 11.7 Å². The minimum atomic E-state index is -0.965. The Labute approximate surface area is 133 Å². The maximum Gasteiger partial charge on any atom is 0.194 e. The van der Waals surface area contributed by atoms with E-state index in [-0.39, 0.29) is 12.4 Å². The maximum absolute atomic E-state index is 12.3. The molecule has 0 saturated carbocycles. The molecule has 114 valence electrons. The van der Waals surface area contributed by atoms with Crippen molar-refractivity contribution in [2.24, 2.45) is 0 Å². The summed E-state index contributed by atoms with van der Waals surface area (Å²) in [5.74, 6) is -0.337. The minimum Gasteiger partial charge on any atom is -0.486 e. The van der Waals surface area contributed by atoms with Crippen molar-refractivity contribution in [1.29, 1.82) is 5.26 Å². The first-order chi connectivity index (χ1) is 11.2. The lowest BCUT2D eigenvalue weighted by atomic mass is 10.1. The van der Waals surface area contributed by atoms with Gasteiger partial charge in [-0.3, -0.25) is 4.79 Å². The number of aromatic amines is 1. The summed E-state index contributed by atoms with van der Waals surface area (Å²) in [4.78, 5) is 19.6. The monoisotopic (exact) mass is 305 g/mol. The van der Waals surface area contributed by atoms with Crippen LogP contribution in [0.2, 0.25) is 0 Å². The number of aryl methyl sites for hydroxylation is 1. The van der Waals surface area contributed by atoms with Crippen LogP contribution in [0, 0.1) is 18.3 Å². The number of aromatic nitrogens is 2. The van der Waals surface area contributed by atoms with Crippen LogP contribution in [0.25, 0.3) is 11.0 Å². The van der Waals surface area contributed by atoms with Crippen molar-refractivity contribution in [3.05, 3.63) is 59.9 Å². The SMILES string of the molecule is Cc1ccc(OCC(=O)C(C#N)c2nc3ccccc3[nH]2)cc1. The van der Waals surface area contributed by atoms with Crippen LogP contribution in [0.15, 0.2) is 48.5 Å². The van der Waals surface area contributed by atoms with Crippen molar-refractivity contribution in [3.63, 3.8) is 0 Å². The highest BCUT2D eigenvalue weighted by Crippen LogP contribution is 2.19. The third kappa shape index (κ3) is 3.22. The molecule has 0 radical (unpaired) electrons. The number of hydrogen-bond acceptors (Lipinski definition) is 4. The smallest absolute Gasteiger partial charge is 0.194 e. The molecule has 1 N–H and O–H groups in total. The Morgan fingerprint density at radius 1 is 1.26 bits per heavy atom. The Bertz CT molecular complexity index is 842. The van der Waals surface area contributed by atoms with Crippen LogP contribution in [-0.4, -0.2) is 22.4 Å². The number of Topliss-reactive ketones (excluding diaryl/α,β-unsaturated/α-hetero) is 1. The van der Waals surface area contributed by atoms with Crippen LogP contribution >= 0.6 is 0 Å². The molecular formula is C18H15N3O2. The summed E-state index contributed by atoms with van der Waals surface area (Å²) < 4.78 is 5.46. The first kappa shape index (κ1) is 14.8. The first-order valence-electron chi connectivity index (χ1n) is 7.24. The molecule has 0 amide bonds. The number of H-pyrrole nitrogens is 1. The van der Waals surface area contributed by atoms with Gasteiger partial charge >= 0.3 is 0 Å². The van der Waals surface area contributed by atoms with E-state index < -0.39 is 5.92 Å². The lowest BCUT2D eigenvalue weighted by Gasteiger charge is -2.08. The van der Waals surface area contributed by atoms with Crippen LogP contribution < -0.4 is 4.74 Å². The molecule has 1 atom stereocenters. The number of ketones is 1. The van der Waals surface area contributed by atoms with E-state index in [2.05, 4.69) is 9.97 Å². The van der Waals surface area contributed by atoms with E-state index in [1.165, 1.54) is 0 Å². The quantitative estimate of drug-likeness (QED) is 0.785. The van der Waals surface area contributed by atoms with Gasteiger partial charge in [0.05, 0.1) is 17.1 Å². The molecular weight excluding hydrogens is 290 g/mol. The molecule has 5 heteroatoms. The fraction of sp³-hybridized carbons (Fsp3) is 0.167. The highest BCUT2D eigenvalue weighted by Gasteiger charge is 2.24. The van der Waals surface area contributed by atoms with E-state index in [4.69, 9.17) is 4.74 Å². The third-order valence-electron chi connectivity index (χ3n) is 3.53. The second-order valence-corrected chi connectivity index (χ2v) is 5.27. The number of nitriles is 1. The summed E-state index contributed by atoms with van der Waals surface area (Å²) in [5, 5.41) is 9.32. The van der Waals surface area contributed by atoms with Crippen molar-refractivity contribution >= 4 is 16.8 Å². The lowest BCUT2D eigenvalue weighted by Crippen LogP contribution is -2.20. The van der Waals surface area contributed by atoms with Gasteiger partial charge in [-0.05, 0) is 31.2 Å². The molecule has 2 aromatic carbocycles. The predicted molar refractivity (Wildman–Crippen MR) is 86.1 cm³/mol. The van der Waals surface area contributed by atoms with Gasteiger partial charge in [0, 0.05) is 0 Å². The number of fused-ring (bicyclic) bond motifs is 1. The van der Waals surface area contributed by atoms with E-state index in [0.29, 0.717) is 11.6 Å². The van der Waals surface area contributed by atoms with Crippen LogP contribution in [0.1, 0.15) is 17.3 Å². The van der Waals surface area contributed by atoms with Gasteiger partial charge in [0.1, 0.15) is 18.2 Å². The average Bonchev–Trinajstić information content (AvgIpc) is 2.98. The van der Waals surface area contributed by atoms with E-state index in [9.17, 15) is 10.1 Å². The Kier molecular flexibility index (Phi) is 4.07. The Morgan fingerprint density at radius 2 is 2.00 bits per heavy atom. The number of carbonyl (C=O) groups is 1. The number of ether oxygens (including phenoxy) is 1. The zero-order valence-corrected chi connectivity index (χ0v) is 12.6. The number of nitrogens with zero attached hydrogens (tertiary/aromatic N) is 2. The van der Waals surface area contributed by atoms with Gasteiger partial charge in [0.25, 0.3) is 0 Å². The summed E-state index contributed by atoms with van der Waals surface area (Å²) >= 11 is 0. The molecule has 3 rings (SSSR count). The van der Waals surface area contributed by atoms with E-state index in [0.717, 1.165) is 16.6 Å². The Morgan fingerprint density at radius 3 is 2.70 bits per heavy atom. The number of carbonyl (C=O) groups excluding carboxylic acids is 1. The summed E-state index contributed by atoms with van der Waals surface area (Å²) in [5.41, 5.74) is 2.64. The molecule has 3 aromatic rings. The molecule has 1 unspecified atom stereocenters. The van der Waals surface area contributed by atoms with Gasteiger partial charge in [0.2, 0.25) is 0 Å². The minimum absolute atomic E-state index is 0.168. The van der Waals surface area contributed by atoms with Crippen molar-refractivity contribution in [2.75, 3.05) is 6.61 Å².